The van der Waals surface area contributed by atoms with Gasteiger partial charge in [-0.05, 0) is 24.3 Å². The van der Waals surface area contributed by atoms with Gasteiger partial charge in [0.1, 0.15) is 29.1 Å². The van der Waals surface area contributed by atoms with E-state index in [9.17, 15) is 0 Å². The van der Waals surface area contributed by atoms with E-state index in [0.717, 1.165) is 44.8 Å². The van der Waals surface area contributed by atoms with Crippen LogP contribution in [-0.4, -0.2) is 34.6 Å². The molecule has 0 heterocycles. The van der Waals surface area contributed by atoms with Crippen molar-refractivity contribution in [2.75, 3.05) is 28.4 Å². The molecule has 6 heteroatoms. The number of hydrogen-bond acceptors (Lipinski definition) is 4. The van der Waals surface area contributed by atoms with Crippen molar-refractivity contribution in [2.45, 2.75) is 0 Å². The van der Waals surface area contributed by atoms with Crippen molar-refractivity contribution in [3.8, 4) is 23.0 Å². The molecule has 0 atom stereocenters. The molecule has 0 N–H and O–H groups in total. The van der Waals surface area contributed by atoms with Crippen LogP contribution in [0.1, 0.15) is 1.43 Å². The van der Waals surface area contributed by atoms with Gasteiger partial charge in [0.25, 0.3) is 0 Å². The summed E-state index contributed by atoms with van der Waals surface area (Å²) in [7, 11) is 6.76. The van der Waals surface area contributed by atoms with Gasteiger partial charge in [-0.2, -0.15) is 21.9 Å². The molecule has 0 spiro atoms. The van der Waals surface area contributed by atoms with E-state index in [1.165, 1.54) is 0 Å². The third-order valence-corrected chi connectivity index (χ3v) is 6.38. The molecule has 4 aromatic rings. The van der Waals surface area contributed by atoms with Crippen LogP contribution in [0.15, 0.2) is 97.1 Å². The minimum atomic E-state index is -1.64. The van der Waals surface area contributed by atoms with Crippen LogP contribution in [0.5, 0.6) is 23.0 Å². The monoisotopic (exact) mass is 463 g/mol. The summed E-state index contributed by atoms with van der Waals surface area (Å²) in [5.74, 6) is 3.19. The molecular weight excluding hydrogens is 434 g/mol. The van der Waals surface area contributed by atoms with Gasteiger partial charge in [-0.3, -0.25) is 0 Å². The molecule has 0 fully saturated rings. The van der Waals surface area contributed by atoms with Crippen LogP contribution < -0.4 is 70.4 Å². The predicted octanol–water partition coefficient (Wildman–Crippen LogP) is 0.215. The summed E-state index contributed by atoms with van der Waals surface area (Å²) >= 11 is 0. The average molecular weight is 463 g/mol. The summed E-state index contributed by atoms with van der Waals surface area (Å²) in [5, 5.41) is 0. The van der Waals surface area contributed by atoms with E-state index >= 15 is 0 Å². The Morgan fingerprint density at radius 2 is 0.676 bits per heavy atom. The van der Waals surface area contributed by atoms with E-state index < -0.39 is 6.15 Å². The second-order valence-electron chi connectivity index (χ2n) is 7.97. The van der Waals surface area contributed by atoms with Crippen molar-refractivity contribution >= 4 is 28.0 Å². The van der Waals surface area contributed by atoms with Crippen molar-refractivity contribution in [3.63, 3.8) is 0 Å². The van der Waals surface area contributed by atoms with Gasteiger partial charge in [-0.1, -0.05) is 72.8 Å². The van der Waals surface area contributed by atoms with Crippen molar-refractivity contribution < 1.29 is 49.9 Å². The molecule has 0 aliphatic carbocycles. The smallest absolute Gasteiger partial charge is 1.00 e. The number of hydrogen-bond donors (Lipinski definition) is 0. The quantitative estimate of drug-likeness (QED) is 0.351. The van der Waals surface area contributed by atoms with Crippen LogP contribution in [0.2, 0.25) is 0 Å². The fourth-order valence-corrected chi connectivity index (χ4v) is 4.80. The van der Waals surface area contributed by atoms with Crippen molar-refractivity contribution in [1.29, 1.82) is 0 Å². The Labute approximate surface area is 225 Å². The standard InChI is InChI=1S/C28H28BO4.Na.H/c1-30-25-13-5-9-21(17-25)29(22-10-6-14-26(18-22)31-2,23-11-7-15-27(19-23)32-3)24-12-8-16-28(20-24)33-4;;/h5-20H,1-4H3;;/q-1;+1;-1. The summed E-state index contributed by atoms with van der Waals surface area (Å²) in [4.78, 5) is 0. The SMILES string of the molecule is COc1cccc([B-](c2cccc(OC)c2)(c2cccc(OC)c2)c2cccc(OC)c2)c1.[H-].[Na+]. The zero-order valence-electron chi connectivity index (χ0n) is 21.4. The number of ether oxygens (including phenoxy) is 4. The molecule has 0 saturated carbocycles. The topological polar surface area (TPSA) is 36.9 Å². The minimum absolute atomic E-state index is 0. The molecule has 0 unspecified atom stereocenters. The molecule has 0 amide bonds. The van der Waals surface area contributed by atoms with E-state index in [-0.39, 0.29) is 31.0 Å². The molecule has 0 aromatic heterocycles. The first-order valence-corrected chi connectivity index (χ1v) is 10.9. The molecule has 0 bridgehead atoms. The maximum Gasteiger partial charge on any atom is 1.00 e. The molecule has 0 aliphatic heterocycles. The number of rotatable bonds is 8. The Bertz CT molecular complexity index is 1060. The van der Waals surface area contributed by atoms with Gasteiger partial charge in [0.2, 0.25) is 0 Å². The number of methoxy groups -OCH3 is 4. The molecular formula is C28H29BNaO4-. The number of benzene rings is 4. The average Bonchev–Trinajstić information content (AvgIpc) is 2.89. The second-order valence-corrected chi connectivity index (χ2v) is 7.97. The van der Waals surface area contributed by atoms with Gasteiger partial charge in [0, 0.05) is 0 Å². The molecule has 0 radical (unpaired) electrons. The largest absolute Gasteiger partial charge is 1.00 e. The van der Waals surface area contributed by atoms with Gasteiger partial charge in [-0.15, -0.1) is 0 Å². The Morgan fingerprint density at radius 1 is 0.441 bits per heavy atom. The van der Waals surface area contributed by atoms with E-state index in [4.69, 9.17) is 18.9 Å². The van der Waals surface area contributed by atoms with Gasteiger partial charge in [0.05, 0.1) is 28.4 Å². The molecule has 4 nitrogen and oxygen atoms in total. The summed E-state index contributed by atoms with van der Waals surface area (Å²) < 4.78 is 22.5. The fourth-order valence-electron chi connectivity index (χ4n) is 4.80. The molecule has 34 heavy (non-hydrogen) atoms. The van der Waals surface area contributed by atoms with Crippen LogP contribution in [0.25, 0.3) is 0 Å². The van der Waals surface area contributed by atoms with Crippen molar-refractivity contribution in [2.24, 2.45) is 0 Å². The van der Waals surface area contributed by atoms with E-state index in [2.05, 4.69) is 48.5 Å². The first-order chi connectivity index (χ1) is 16.1. The van der Waals surface area contributed by atoms with Crippen LogP contribution in [0.4, 0.5) is 0 Å². The Hall–Kier alpha value is -2.86. The summed E-state index contributed by atoms with van der Waals surface area (Å²) in [6, 6.07) is 33.0. The fraction of sp³-hybridized carbons (Fsp3) is 0.143. The zero-order chi connectivity index (χ0) is 23.3. The molecule has 0 aliphatic rings. The van der Waals surface area contributed by atoms with Crippen molar-refractivity contribution in [1.82, 2.24) is 0 Å². The van der Waals surface area contributed by atoms with Gasteiger partial charge in [-0.25, -0.2) is 0 Å². The Kier molecular flexibility index (Phi) is 8.73. The molecule has 0 saturated heterocycles. The van der Waals surface area contributed by atoms with Crippen LogP contribution in [-0.2, 0) is 0 Å². The second kappa shape index (κ2) is 11.5. The summed E-state index contributed by atoms with van der Waals surface area (Å²) in [5.41, 5.74) is 4.46. The van der Waals surface area contributed by atoms with E-state index in [1.807, 2.05) is 48.5 Å². The van der Waals surface area contributed by atoms with Gasteiger partial charge < -0.3 is 20.4 Å². The van der Waals surface area contributed by atoms with Crippen LogP contribution in [0.3, 0.4) is 0 Å². The van der Waals surface area contributed by atoms with Gasteiger partial charge >= 0.3 is 29.6 Å². The summed E-state index contributed by atoms with van der Waals surface area (Å²) in [6.07, 6.45) is -1.64. The minimum Gasteiger partial charge on any atom is -1.00 e. The summed E-state index contributed by atoms with van der Waals surface area (Å²) in [6.45, 7) is 0. The maximum absolute atomic E-state index is 5.63. The molecule has 4 rings (SSSR count). The molecule has 4 aromatic carbocycles. The normalized spacial score (nSPS) is 10.7. The maximum atomic E-state index is 5.63. The predicted molar refractivity (Wildman–Crippen MR) is 137 cm³/mol. The van der Waals surface area contributed by atoms with Crippen LogP contribution in [0, 0.1) is 0 Å². The zero-order valence-corrected chi connectivity index (χ0v) is 22.4. The first-order valence-electron chi connectivity index (χ1n) is 10.9. The van der Waals surface area contributed by atoms with E-state index in [0.29, 0.717) is 0 Å². The molecule has 170 valence electrons. The van der Waals surface area contributed by atoms with Gasteiger partial charge in [0.15, 0.2) is 0 Å². The third kappa shape index (κ3) is 4.83. The van der Waals surface area contributed by atoms with Crippen LogP contribution >= 0.6 is 0 Å². The Morgan fingerprint density at radius 3 is 0.882 bits per heavy atom. The first kappa shape index (κ1) is 25.8. The van der Waals surface area contributed by atoms with Crippen molar-refractivity contribution in [3.05, 3.63) is 97.1 Å². The Balaban J connectivity index is 0.00000216. The third-order valence-electron chi connectivity index (χ3n) is 6.38. The van der Waals surface area contributed by atoms with E-state index in [1.54, 1.807) is 28.4 Å².